The van der Waals surface area contributed by atoms with Gasteiger partial charge in [0.2, 0.25) is 0 Å². The summed E-state index contributed by atoms with van der Waals surface area (Å²) in [7, 11) is 0. The van der Waals surface area contributed by atoms with Crippen molar-refractivity contribution in [2.24, 2.45) is 0 Å². The molecule has 0 heterocycles. The van der Waals surface area contributed by atoms with E-state index in [2.05, 4.69) is 44.2 Å². The van der Waals surface area contributed by atoms with E-state index < -0.39 is 5.97 Å². The first-order valence-electron chi connectivity index (χ1n) is 11.4. The van der Waals surface area contributed by atoms with Crippen LogP contribution in [0.25, 0.3) is 0 Å². The van der Waals surface area contributed by atoms with Crippen molar-refractivity contribution in [3.05, 3.63) is 83.4 Å². The van der Waals surface area contributed by atoms with E-state index in [1.54, 1.807) is 11.8 Å². The molecule has 0 aromatic heterocycles. The Morgan fingerprint density at radius 2 is 1.85 bits per heavy atom. The molecule has 1 atom stereocenters. The number of carbonyl (C=O) groups is 1. The molecular formula is C28H32O4S. The molecular weight excluding hydrogens is 432 g/mol. The fourth-order valence-electron chi connectivity index (χ4n) is 3.46. The number of carboxylic acids is 1. The van der Waals surface area contributed by atoms with Gasteiger partial charge < -0.3 is 14.6 Å². The highest BCUT2D eigenvalue weighted by atomic mass is 32.2. The van der Waals surface area contributed by atoms with Crippen molar-refractivity contribution >= 4 is 17.7 Å². The van der Waals surface area contributed by atoms with Gasteiger partial charge in [0.25, 0.3) is 0 Å². The third-order valence-electron chi connectivity index (χ3n) is 5.43. The second-order valence-corrected chi connectivity index (χ2v) is 9.21. The van der Waals surface area contributed by atoms with Gasteiger partial charge in [-0.3, -0.25) is 4.79 Å². The summed E-state index contributed by atoms with van der Waals surface area (Å²) < 4.78 is 12.2. The molecule has 174 valence electrons. The van der Waals surface area contributed by atoms with E-state index in [4.69, 9.17) is 14.6 Å². The molecule has 1 N–H and O–H groups in total. The number of carboxylic acid groups (broad SMARTS) is 1. The van der Waals surface area contributed by atoms with Crippen LogP contribution in [0, 0.1) is 6.92 Å². The molecule has 5 heteroatoms. The summed E-state index contributed by atoms with van der Waals surface area (Å²) in [6.07, 6.45) is 2.42. The molecule has 0 aliphatic carbocycles. The molecule has 4 nitrogen and oxygen atoms in total. The summed E-state index contributed by atoms with van der Waals surface area (Å²) in [5.74, 6) is 0.914. The molecule has 0 aliphatic heterocycles. The standard InChI is InChI=1S/C28H32O4S/c1-4-22-10-14-26(27(19-22)33-25-8-6-5-7-9-25)32-21(3)16-17-31-24-13-11-23(20(2)18-24)12-15-28(29)30/h5-11,13-14,18-19,21H,4,12,15-17H2,1-3H3,(H,29,30). The lowest BCUT2D eigenvalue weighted by molar-refractivity contribution is -0.136. The van der Waals surface area contributed by atoms with Crippen LogP contribution in [0.15, 0.2) is 76.5 Å². The van der Waals surface area contributed by atoms with Gasteiger partial charge in [-0.05, 0) is 79.8 Å². The predicted molar refractivity (Wildman–Crippen MR) is 134 cm³/mol. The van der Waals surface area contributed by atoms with E-state index in [0.717, 1.165) is 40.4 Å². The maximum absolute atomic E-state index is 10.8. The lowest BCUT2D eigenvalue weighted by Crippen LogP contribution is -2.16. The minimum absolute atomic E-state index is 0.00327. The van der Waals surface area contributed by atoms with E-state index in [1.807, 2.05) is 43.3 Å². The van der Waals surface area contributed by atoms with E-state index in [-0.39, 0.29) is 12.5 Å². The maximum Gasteiger partial charge on any atom is 0.303 e. The first-order chi connectivity index (χ1) is 15.9. The van der Waals surface area contributed by atoms with Gasteiger partial charge in [-0.15, -0.1) is 0 Å². The van der Waals surface area contributed by atoms with Crippen molar-refractivity contribution in [1.82, 2.24) is 0 Å². The summed E-state index contributed by atoms with van der Waals surface area (Å²) in [5, 5.41) is 8.87. The molecule has 0 spiro atoms. The largest absolute Gasteiger partial charge is 0.493 e. The number of benzene rings is 3. The average molecular weight is 465 g/mol. The third kappa shape index (κ3) is 7.86. The van der Waals surface area contributed by atoms with Gasteiger partial charge in [0.05, 0.1) is 17.6 Å². The van der Waals surface area contributed by atoms with Gasteiger partial charge in [0.15, 0.2) is 0 Å². The Morgan fingerprint density at radius 3 is 2.55 bits per heavy atom. The molecule has 0 amide bonds. The Balaban J connectivity index is 1.56. The molecule has 0 radical (unpaired) electrons. The van der Waals surface area contributed by atoms with Gasteiger partial charge in [0, 0.05) is 17.7 Å². The molecule has 0 saturated carbocycles. The minimum atomic E-state index is -0.779. The summed E-state index contributed by atoms with van der Waals surface area (Å²) in [4.78, 5) is 13.1. The van der Waals surface area contributed by atoms with E-state index in [1.165, 1.54) is 10.5 Å². The van der Waals surface area contributed by atoms with E-state index >= 15 is 0 Å². The maximum atomic E-state index is 10.8. The summed E-state index contributed by atoms with van der Waals surface area (Å²) in [5.41, 5.74) is 3.39. The van der Waals surface area contributed by atoms with Crippen molar-refractivity contribution in [1.29, 1.82) is 0 Å². The number of aliphatic carboxylic acids is 1. The Kier molecular flexibility index (Phi) is 9.25. The van der Waals surface area contributed by atoms with Gasteiger partial charge in [-0.25, -0.2) is 0 Å². The fraction of sp³-hybridized carbons (Fsp3) is 0.321. The number of ether oxygens (including phenoxy) is 2. The number of hydrogen-bond acceptors (Lipinski definition) is 4. The monoisotopic (exact) mass is 464 g/mol. The number of aryl methyl sites for hydroxylation is 3. The summed E-state index contributed by atoms with van der Waals surface area (Å²) in [6.45, 7) is 6.76. The molecule has 0 bridgehead atoms. The zero-order valence-electron chi connectivity index (χ0n) is 19.5. The Bertz CT molecular complexity index is 1050. The molecule has 3 aromatic carbocycles. The number of hydrogen-bond donors (Lipinski definition) is 1. The predicted octanol–water partition coefficient (Wildman–Crippen LogP) is 6.96. The fourth-order valence-corrected chi connectivity index (χ4v) is 4.44. The van der Waals surface area contributed by atoms with E-state index in [9.17, 15) is 4.79 Å². The zero-order chi connectivity index (χ0) is 23.6. The van der Waals surface area contributed by atoms with Gasteiger partial charge >= 0.3 is 5.97 Å². The molecule has 3 aromatic rings. The van der Waals surface area contributed by atoms with Gasteiger partial charge in [0.1, 0.15) is 11.5 Å². The highest BCUT2D eigenvalue weighted by Gasteiger charge is 2.12. The second kappa shape index (κ2) is 12.4. The Hall–Kier alpha value is -2.92. The normalized spacial score (nSPS) is 11.7. The van der Waals surface area contributed by atoms with Crippen LogP contribution >= 0.6 is 11.8 Å². The van der Waals surface area contributed by atoms with Crippen LogP contribution in [0.2, 0.25) is 0 Å². The Labute approximate surface area is 201 Å². The van der Waals surface area contributed by atoms with Crippen LogP contribution in [0.3, 0.4) is 0 Å². The molecule has 33 heavy (non-hydrogen) atoms. The smallest absolute Gasteiger partial charge is 0.303 e. The van der Waals surface area contributed by atoms with Gasteiger partial charge in [-0.1, -0.05) is 49.0 Å². The second-order valence-electron chi connectivity index (χ2n) is 8.10. The SMILES string of the molecule is CCc1ccc(OC(C)CCOc2ccc(CCC(=O)O)c(C)c2)c(Sc2ccccc2)c1. The van der Waals surface area contributed by atoms with Crippen LogP contribution < -0.4 is 9.47 Å². The highest BCUT2D eigenvalue weighted by molar-refractivity contribution is 7.99. The van der Waals surface area contributed by atoms with Gasteiger partial charge in [-0.2, -0.15) is 0 Å². The first-order valence-corrected chi connectivity index (χ1v) is 12.2. The molecule has 1 unspecified atom stereocenters. The zero-order valence-corrected chi connectivity index (χ0v) is 20.4. The van der Waals surface area contributed by atoms with Crippen molar-refractivity contribution in [2.75, 3.05) is 6.61 Å². The number of rotatable bonds is 12. The first kappa shape index (κ1) is 24.7. The molecule has 0 aliphatic rings. The summed E-state index contributed by atoms with van der Waals surface area (Å²) in [6, 6.07) is 22.6. The molecule has 0 fully saturated rings. The third-order valence-corrected chi connectivity index (χ3v) is 6.48. The van der Waals surface area contributed by atoms with Crippen molar-refractivity contribution in [2.45, 2.75) is 62.3 Å². The van der Waals surface area contributed by atoms with Crippen molar-refractivity contribution < 1.29 is 19.4 Å². The summed E-state index contributed by atoms with van der Waals surface area (Å²) >= 11 is 1.72. The van der Waals surface area contributed by atoms with Crippen molar-refractivity contribution in [3.63, 3.8) is 0 Å². The molecule has 3 rings (SSSR count). The van der Waals surface area contributed by atoms with Crippen molar-refractivity contribution in [3.8, 4) is 11.5 Å². The highest BCUT2D eigenvalue weighted by Crippen LogP contribution is 2.36. The average Bonchev–Trinajstić information content (AvgIpc) is 2.80. The van der Waals surface area contributed by atoms with Crippen LogP contribution in [0.4, 0.5) is 0 Å². The van der Waals surface area contributed by atoms with Crippen LogP contribution in [0.5, 0.6) is 11.5 Å². The molecule has 0 saturated heterocycles. The minimum Gasteiger partial charge on any atom is -0.493 e. The lowest BCUT2D eigenvalue weighted by atomic mass is 10.0. The lowest BCUT2D eigenvalue weighted by Gasteiger charge is -2.18. The van der Waals surface area contributed by atoms with Crippen LogP contribution in [-0.4, -0.2) is 23.8 Å². The van der Waals surface area contributed by atoms with E-state index in [0.29, 0.717) is 13.0 Å². The van der Waals surface area contributed by atoms with Crippen LogP contribution in [-0.2, 0) is 17.6 Å². The topological polar surface area (TPSA) is 55.8 Å². The Morgan fingerprint density at radius 1 is 1.06 bits per heavy atom. The van der Waals surface area contributed by atoms with Crippen LogP contribution in [0.1, 0.15) is 43.4 Å². The quantitative estimate of drug-likeness (QED) is 0.314.